The van der Waals surface area contributed by atoms with Crippen LogP contribution in [0.15, 0.2) is 0 Å². The second-order valence-corrected chi connectivity index (χ2v) is 7.04. The van der Waals surface area contributed by atoms with E-state index in [9.17, 15) is 5.11 Å². The first-order chi connectivity index (χ1) is 8.51. The molecule has 18 heavy (non-hydrogen) atoms. The fraction of sp³-hybridized carbons (Fsp3) is 1.00. The highest BCUT2D eigenvalue weighted by molar-refractivity contribution is 4.92. The van der Waals surface area contributed by atoms with Crippen molar-refractivity contribution in [1.29, 1.82) is 0 Å². The van der Waals surface area contributed by atoms with E-state index in [0.29, 0.717) is 12.0 Å². The summed E-state index contributed by atoms with van der Waals surface area (Å²) in [5, 5.41) is 11.0. The zero-order valence-corrected chi connectivity index (χ0v) is 12.5. The molecule has 0 aromatic carbocycles. The first-order valence-electron chi connectivity index (χ1n) is 7.98. The van der Waals surface area contributed by atoms with Gasteiger partial charge in [0.1, 0.15) is 0 Å². The van der Waals surface area contributed by atoms with Crippen molar-refractivity contribution in [2.75, 3.05) is 13.1 Å². The van der Waals surface area contributed by atoms with E-state index in [2.05, 4.69) is 25.7 Å². The SMILES string of the molecule is CC1CCC(C2(O)CCCN(C(C)C)CC2)CC1. The maximum Gasteiger partial charge on any atom is 0.0688 e. The van der Waals surface area contributed by atoms with Crippen molar-refractivity contribution < 1.29 is 5.11 Å². The van der Waals surface area contributed by atoms with Crippen LogP contribution in [-0.4, -0.2) is 34.7 Å². The van der Waals surface area contributed by atoms with Crippen molar-refractivity contribution >= 4 is 0 Å². The van der Waals surface area contributed by atoms with Crippen molar-refractivity contribution in [3.8, 4) is 0 Å². The van der Waals surface area contributed by atoms with Gasteiger partial charge in [0.15, 0.2) is 0 Å². The van der Waals surface area contributed by atoms with Crippen LogP contribution in [-0.2, 0) is 0 Å². The van der Waals surface area contributed by atoms with Crippen molar-refractivity contribution in [3.05, 3.63) is 0 Å². The van der Waals surface area contributed by atoms with E-state index in [1.165, 1.54) is 38.6 Å². The van der Waals surface area contributed by atoms with Gasteiger partial charge in [-0.2, -0.15) is 0 Å². The molecule has 0 bridgehead atoms. The lowest BCUT2D eigenvalue weighted by atomic mass is 9.71. The van der Waals surface area contributed by atoms with Gasteiger partial charge >= 0.3 is 0 Å². The lowest BCUT2D eigenvalue weighted by molar-refractivity contribution is -0.0489. The van der Waals surface area contributed by atoms with E-state index >= 15 is 0 Å². The molecule has 1 aliphatic carbocycles. The fourth-order valence-corrected chi connectivity index (χ4v) is 3.88. The van der Waals surface area contributed by atoms with E-state index in [1.807, 2.05) is 0 Å². The van der Waals surface area contributed by atoms with Gasteiger partial charge in [-0.25, -0.2) is 0 Å². The summed E-state index contributed by atoms with van der Waals surface area (Å²) < 4.78 is 0. The Bertz CT molecular complexity index is 258. The summed E-state index contributed by atoms with van der Waals surface area (Å²) in [6.45, 7) is 9.15. The molecule has 0 aromatic heterocycles. The molecule has 1 atom stereocenters. The second kappa shape index (κ2) is 5.92. The van der Waals surface area contributed by atoms with Crippen LogP contribution in [0, 0.1) is 11.8 Å². The van der Waals surface area contributed by atoms with Crippen LogP contribution >= 0.6 is 0 Å². The van der Waals surface area contributed by atoms with E-state index < -0.39 is 0 Å². The van der Waals surface area contributed by atoms with Gasteiger partial charge in [0.25, 0.3) is 0 Å². The Kier molecular flexibility index (Phi) is 4.71. The third kappa shape index (κ3) is 3.27. The quantitative estimate of drug-likeness (QED) is 0.815. The number of hydrogen-bond donors (Lipinski definition) is 1. The summed E-state index contributed by atoms with van der Waals surface area (Å²) in [5.41, 5.74) is -0.357. The topological polar surface area (TPSA) is 23.5 Å². The smallest absolute Gasteiger partial charge is 0.0688 e. The van der Waals surface area contributed by atoms with Gasteiger partial charge in [0, 0.05) is 12.6 Å². The Balaban J connectivity index is 1.94. The van der Waals surface area contributed by atoms with Gasteiger partial charge in [0.2, 0.25) is 0 Å². The van der Waals surface area contributed by atoms with E-state index in [4.69, 9.17) is 0 Å². The zero-order valence-electron chi connectivity index (χ0n) is 12.5. The molecule has 106 valence electrons. The number of rotatable bonds is 2. The fourth-order valence-electron chi connectivity index (χ4n) is 3.88. The first-order valence-corrected chi connectivity index (χ1v) is 7.98. The maximum atomic E-state index is 11.0. The standard InChI is InChI=1S/C16H31NO/c1-13(2)17-11-4-9-16(18,10-12-17)15-7-5-14(3)6-8-15/h13-15,18H,4-12H2,1-3H3. The molecule has 2 fully saturated rings. The van der Waals surface area contributed by atoms with E-state index in [0.717, 1.165) is 25.3 Å². The molecule has 2 aliphatic rings. The normalized spacial score (nSPS) is 39.8. The molecule has 0 aromatic rings. The maximum absolute atomic E-state index is 11.0. The average Bonchev–Trinajstić information content (AvgIpc) is 2.53. The van der Waals surface area contributed by atoms with Gasteiger partial charge in [-0.3, -0.25) is 0 Å². The van der Waals surface area contributed by atoms with E-state index in [-0.39, 0.29) is 5.60 Å². The molecule has 2 rings (SSSR count). The predicted molar refractivity (Wildman–Crippen MR) is 76.6 cm³/mol. The summed E-state index contributed by atoms with van der Waals surface area (Å²) in [4.78, 5) is 2.53. The Morgan fingerprint density at radius 3 is 2.33 bits per heavy atom. The number of aliphatic hydroxyl groups is 1. The lowest BCUT2D eigenvalue weighted by Gasteiger charge is -2.39. The Labute approximate surface area is 113 Å². The molecule has 1 aliphatic heterocycles. The Morgan fingerprint density at radius 2 is 1.72 bits per heavy atom. The van der Waals surface area contributed by atoms with Gasteiger partial charge in [-0.05, 0) is 64.3 Å². The van der Waals surface area contributed by atoms with Crippen LogP contribution in [0.4, 0.5) is 0 Å². The minimum absolute atomic E-state index is 0.357. The first kappa shape index (κ1) is 14.3. The zero-order chi connectivity index (χ0) is 13.2. The van der Waals surface area contributed by atoms with Crippen LogP contribution < -0.4 is 0 Å². The summed E-state index contributed by atoms with van der Waals surface area (Å²) in [5.74, 6) is 1.45. The second-order valence-electron chi connectivity index (χ2n) is 7.04. The molecule has 1 saturated heterocycles. The minimum atomic E-state index is -0.357. The molecule has 0 spiro atoms. The number of nitrogens with zero attached hydrogens (tertiary/aromatic N) is 1. The predicted octanol–water partition coefficient (Wildman–Crippen LogP) is 3.44. The summed E-state index contributed by atoms with van der Waals surface area (Å²) in [6.07, 6.45) is 8.32. The lowest BCUT2D eigenvalue weighted by Crippen LogP contribution is -2.41. The third-order valence-corrected chi connectivity index (χ3v) is 5.39. The largest absolute Gasteiger partial charge is 0.390 e. The van der Waals surface area contributed by atoms with Gasteiger partial charge in [-0.15, -0.1) is 0 Å². The van der Waals surface area contributed by atoms with Crippen LogP contribution in [0.3, 0.4) is 0 Å². The molecule has 1 heterocycles. The number of hydrogen-bond acceptors (Lipinski definition) is 2. The van der Waals surface area contributed by atoms with Gasteiger partial charge < -0.3 is 10.0 Å². The highest BCUT2D eigenvalue weighted by atomic mass is 16.3. The van der Waals surface area contributed by atoms with Crippen molar-refractivity contribution in [1.82, 2.24) is 4.90 Å². The highest BCUT2D eigenvalue weighted by Crippen LogP contribution is 2.40. The molecular weight excluding hydrogens is 222 g/mol. The molecule has 2 heteroatoms. The number of likely N-dealkylation sites (tertiary alicyclic amines) is 1. The highest BCUT2D eigenvalue weighted by Gasteiger charge is 2.39. The van der Waals surface area contributed by atoms with Crippen LogP contribution in [0.2, 0.25) is 0 Å². The monoisotopic (exact) mass is 253 g/mol. The third-order valence-electron chi connectivity index (χ3n) is 5.39. The van der Waals surface area contributed by atoms with Crippen LogP contribution in [0.5, 0.6) is 0 Å². The molecule has 1 saturated carbocycles. The molecule has 0 radical (unpaired) electrons. The average molecular weight is 253 g/mol. The van der Waals surface area contributed by atoms with Gasteiger partial charge in [0.05, 0.1) is 5.60 Å². The van der Waals surface area contributed by atoms with Crippen molar-refractivity contribution in [3.63, 3.8) is 0 Å². The Hall–Kier alpha value is -0.0800. The summed E-state index contributed by atoms with van der Waals surface area (Å²) in [6, 6.07) is 0.624. The molecule has 0 amide bonds. The van der Waals surface area contributed by atoms with Crippen LogP contribution in [0.1, 0.15) is 65.7 Å². The molecular formula is C16H31NO. The summed E-state index contributed by atoms with van der Waals surface area (Å²) in [7, 11) is 0. The molecule has 2 nitrogen and oxygen atoms in total. The van der Waals surface area contributed by atoms with Crippen molar-refractivity contribution in [2.45, 2.75) is 77.4 Å². The molecule has 1 N–H and O–H groups in total. The summed E-state index contributed by atoms with van der Waals surface area (Å²) >= 11 is 0. The van der Waals surface area contributed by atoms with Gasteiger partial charge in [-0.1, -0.05) is 19.8 Å². The minimum Gasteiger partial charge on any atom is -0.390 e. The van der Waals surface area contributed by atoms with Crippen LogP contribution in [0.25, 0.3) is 0 Å². The van der Waals surface area contributed by atoms with Crippen molar-refractivity contribution in [2.24, 2.45) is 11.8 Å². The Morgan fingerprint density at radius 1 is 1.06 bits per heavy atom. The van der Waals surface area contributed by atoms with E-state index in [1.54, 1.807) is 0 Å². The molecule has 1 unspecified atom stereocenters.